The molecule has 2 rings (SSSR count). The van der Waals surface area contributed by atoms with E-state index in [1.165, 1.54) is 24.2 Å². The molecule has 82 valence electrons. The monoisotopic (exact) mass is 225 g/mol. The van der Waals surface area contributed by atoms with Crippen LogP contribution in [-0.4, -0.2) is 36.4 Å². The van der Waals surface area contributed by atoms with Gasteiger partial charge in [0.1, 0.15) is 0 Å². The number of ketones is 1. The number of hydrogen-bond donors (Lipinski definition) is 2. The van der Waals surface area contributed by atoms with E-state index < -0.39 is 0 Å². The van der Waals surface area contributed by atoms with Crippen molar-refractivity contribution in [2.24, 2.45) is 0 Å². The van der Waals surface area contributed by atoms with E-state index in [-0.39, 0.29) is 5.78 Å². The molecular formula is C10H15N3OS. The average molecular weight is 225 g/mol. The van der Waals surface area contributed by atoms with Crippen molar-refractivity contribution in [2.45, 2.75) is 18.9 Å². The van der Waals surface area contributed by atoms with Crippen LogP contribution >= 0.6 is 11.3 Å². The Hall–Kier alpha value is -0.780. The SMILES string of the molecule is O=C(CNC[C@H]1CCCN1)c1nccs1. The van der Waals surface area contributed by atoms with Crippen molar-refractivity contribution >= 4 is 17.1 Å². The van der Waals surface area contributed by atoms with E-state index in [2.05, 4.69) is 15.6 Å². The molecule has 2 N–H and O–H groups in total. The number of nitrogens with one attached hydrogen (secondary N) is 2. The van der Waals surface area contributed by atoms with Gasteiger partial charge < -0.3 is 10.6 Å². The Morgan fingerprint density at radius 1 is 1.73 bits per heavy atom. The minimum Gasteiger partial charge on any atom is -0.313 e. The molecule has 0 amide bonds. The number of thiazole rings is 1. The fourth-order valence-electron chi connectivity index (χ4n) is 1.73. The van der Waals surface area contributed by atoms with E-state index in [4.69, 9.17) is 0 Å². The van der Waals surface area contributed by atoms with Crippen LogP contribution in [0.2, 0.25) is 0 Å². The maximum Gasteiger partial charge on any atom is 0.205 e. The van der Waals surface area contributed by atoms with Gasteiger partial charge in [0.25, 0.3) is 0 Å². The molecule has 0 radical (unpaired) electrons. The largest absolute Gasteiger partial charge is 0.313 e. The zero-order valence-electron chi connectivity index (χ0n) is 8.53. The van der Waals surface area contributed by atoms with Crippen molar-refractivity contribution in [1.29, 1.82) is 0 Å². The summed E-state index contributed by atoms with van der Waals surface area (Å²) in [6.07, 6.45) is 4.11. The summed E-state index contributed by atoms with van der Waals surface area (Å²) in [5.74, 6) is 0.0861. The quantitative estimate of drug-likeness (QED) is 0.723. The second kappa shape index (κ2) is 5.34. The molecule has 5 heteroatoms. The van der Waals surface area contributed by atoms with E-state index in [1.54, 1.807) is 6.20 Å². The van der Waals surface area contributed by atoms with Crippen LogP contribution in [0.4, 0.5) is 0 Å². The van der Waals surface area contributed by atoms with Crippen molar-refractivity contribution in [1.82, 2.24) is 15.6 Å². The fraction of sp³-hybridized carbons (Fsp3) is 0.600. The first-order valence-electron chi connectivity index (χ1n) is 5.23. The smallest absolute Gasteiger partial charge is 0.205 e. The summed E-state index contributed by atoms with van der Waals surface area (Å²) in [6.45, 7) is 2.37. The van der Waals surface area contributed by atoms with Crippen LogP contribution in [0.15, 0.2) is 11.6 Å². The van der Waals surface area contributed by atoms with Crippen molar-refractivity contribution in [3.05, 3.63) is 16.6 Å². The predicted molar refractivity (Wildman–Crippen MR) is 60.3 cm³/mol. The van der Waals surface area contributed by atoms with Gasteiger partial charge >= 0.3 is 0 Å². The number of nitrogens with zero attached hydrogens (tertiary/aromatic N) is 1. The number of rotatable bonds is 5. The van der Waals surface area contributed by atoms with Gasteiger partial charge in [-0.15, -0.1) is 11.3 Å². The summed E-state index contributed by atoms with van der Waals surface area (Å²) in [7, 11) is 0. The third-order valence-corrected chi connectivity index (χ3v) is 3.32. The topological polar surface area (TPSA) is 54.0 Å². The molecule has 0 unspecified atom stereocenters. The Balaban J connectivity index is 1.67. The third kappa shape index (κ3) is 3.09. The molecule has 0 spiro atoms. The van der Waals surface area contributed by atoms with Gasteiger partial charge in [0.05, 0.1) is 6.54 Å². The molecule has 15 heavy (non-hydrogen) atoms. The van der Waals surface area contributed by atoms with Gasteiger partial charge in [0.2, 0.25) is 5.78 Å². The Labute approximate surface area is 93.1 Å². The first-order chi connectivity index (χ1) is 7.36. The maximum atomic E-state index is 11.5. The van der Waals surface area contributed by atoms with Gasteiger partial charge in [-0.1, -0.05) is 0 Å². The van der Waals surface area contributed by atoms with Crippen LogP contribution < -0.4 is 10.6 Å². The normalized spacial score (nSPS) is 20.7. The van der Waals surface area contributed by atoms with Crippen molar-refractivity contribution in [2.75, 3.05) is 19.6 Å². The second-order valence-electron chi connectivity index (χ2n) is 3.68. The molecule has 1 aromatic rings. The number of carbonyl (C=O) groups is 1. The lowest BCUT2D eigenvalue weighted by Crippen LogP contribution is -2.36. The fourth-order valence-corrected chi connectivity index (χ4v) is 2.30. The Bertz CT molecular complexity index is 306. The van der Waals surface area contributed by atoms with Gasteiger partial charge in [-0.25, -0.2) is 4.98 Å². The first kappa shape index (κ1) is 10.7. The van der Waals surface area contributed by atoms with Crippen LogP contribution in [0, 0.1) is 0 Å². The molecule has 1 saturated heterocycles. The van der Waals surface area contributed by atoms with Crippen LogP contribution in [0.25, 0.3) is 0 Å². The number of carbonyl (C=O) groups excluding carboxylic acids is 1. The van der Waals surface area contributed by atoms with Crippen molar-refractivity contribution in [3.8, 4) is 0 Å². The summed E-state index contributed by atoms with van der Waals surface area (Å²) in [6, 6.07) is 0.536. The molecule has 1 aliphatic rings. The van der Waals surface area contributed by atoms with Gasteiger partial charge in [0, 0.05) is 24.2 Å². The van der Waals surface area contributed by atoms with Crippen LogP contribution in [-0.2, 0) is 0 Å². The second-order valence-corrected chi connectivity index (χ2v) is 4.58. The number of hydrogen-bond acceptors (Lipinski definition) is 5. The molecule has 1 atom stereocenters. The molecule has 2 heterocycles. The summed E-state index contributed by atoms with van der Waals surface area (Å²) >= 11 is 1.40. The van der Waals surface area contributed by atoms with E-state index in [1.807, 2.05) is 5.38 Å². The van der Waals surface area contributed by atoms with E-state index >= 15 is 0 Å². The summed E-state index contributed by atoms with van der Waals surface area (Å²) in [5.41, 5.74) is 0. The number of aromatic nitrogens is 1. The van der Waals surface area contributed by atoms with Crippen molar-refractivity contribution < 1.29 is 4.79 Å². The molecule has 1 aliphatic heterocycles. The van der Waals surface area contributed by atoms with Gasteiger partial charge in [-0.3, -0.25) is 4.79 Å². The number of Topliss-reactive ketones (excluding diaryl/α,β-unsaturated/α-hetero) is 1. The van der Waals surface area contributed by atoms with Gasteiger partial charge in [0.15, 0.2) is 5.01 Å². The molecule has 0 bridgehead atoms. The zero-order chi connectivity index (χ0) is 10.5. The lowest BCUT2D eigenvalue weighted by Gasteiger charge is -2.09. The summed E-state index contributed by atoms with van der Waals surface area (Å²) in [4.78, 5) is 15.5. The van der Waals surface area contributed by atoms with Crippen LogP contribution in [0.3, 0.4) is 0 Å². The molecule has 0 aromatic carbocycles. The third-order valence-electron chi connectivity index (χ3n) is 2.51. The van der Waals surface area contributed by atoms with E-state index in [0.717, 1.165) is 13.1 Å². The highest BCUT2D eigenvalue weighted by Crippen LogP contribution is 2.05. The average Bonchev–Trinajstić information content (AvgIpc) is 2.90. The lowest BCUT2D eigenvalue weighted by molar-refractivity contribution is 0.0990. The Kier molecular flexibility index (Phi) is 3.82. The highest BCUT2D eigenvalue weighted by molar-refractivity contribution is 7.11. The van der Waals surface area contributed by atoms with Crippen LogP contribution in [0.1, 0.15) is 22.6 Å². The highest BCUT2D eigenvalue weighted by Gasteiger charge is 2.14. The standard InChI is InChI=1S/C10H15N3OS/c14-9(10-13-4-5-15-10)7-11-6-8-2-1-3-12-8/h4-5,8,11-12H,1-3,6-7H2/t8-/m1/s1. The molecular weight excluding hydrogens is 210 g/mol. The summed E-state index contributed by atoms with van der Waals surface area (Å²) < 4.78 is 0. The highest BCUT2D eigenvalue weighted by atomic mass is 32.1. The molecule has 0 aliphatic carbocycles. The summed E-state index contributed by atoms with van der Waals surface area (Å²) in [5, 5.41) is 8.97. The van der Waals surface area contributed by atoms with E-state index in [9.17, 15) is 4.79 Å². The first-order valence-corrected chi connectivity index (χ1v) is 6.11. The van der Waals surface area contributed by atoms with Gasteiger partial charge in [-0.05, 0) is 19.4 Å². The predicted octanol–water partition coefficient (Wildman–Crippen LogP) is 0.667. The molecule has 0 saturated carbocycles. The Morgan fingerprint density at radius 2 is 2.67 bits per heavy atom. The lowest BCUT2D eigenvalue weighted by atomic mass is 10.2. The molecule has 1 aromatic heterocycles. The van der Waals surface area contributed by atoms with Gasteiger partial charge in [-0.2, -0.15) is 0 Å². The van der Waals surface area contributed by atoms with Crippen LogP contribution in [0.5, 0.6) is 0 Å². The molecule has 1 fully saturated rings. The Morgan fingerprint density at radius 3 is 3.33 bits per heavy atom. The zero-order valence-corrected chi connectivity index (χ0v) is 9.35. The maximum absolute atomic E-state index is 11.5. The minimum absolute atomic E-state index is 0.0861. The van der Waals surface area contributed by atoms with Crippen molar-refractivity contribution in [3.63, 3.8) is 0 Å². The molecule has 4 nitrogen and oxygen atoms in total. The van der Waals surface area contributed by atoms with E-state index in [0.29, 0.717) is 17.6 Å². The minimum atomic E-state index is 0.0861.